The van der Waals surface area contributed by atoms with E-state index in [0.29, 0.717) is 0 Å². The lowest BCUT2D eigenvalue weighted by Crippen LogP contribution is -2.51. The normalized spacial score (nSPS) is 22.7. The number of hydrogen-bond acceptors (Lipinski definition) is 5. The average Bonchev–Trinajstić information content (AvgIpc) is 2.48. The highest BCUT2D eigenvalue weighted by atomic mass is 16.5. The molecule has 5 heteroatoms. The lowest BCUT2D eigenvalue weighted by molar-refractivity contribution is 0.0321. The van der Waals surface area contributed by atoms with Crippen LogP contribution in [0.5, 0.6) is 0 Å². The number of anilines is 1. The first kappa shape index (κ1) is 12.8. The molecule has 2 aliphatic heterocycles. The summed E-state index contributed by atoms with van der Waals surface area (Å²) in [5, 5.41) is 0. The zero-order valence-corrected chi connectivity index (χ0v) is 11.6. The minimum Gasteiger partial charge on any atom is -0.381 e. The number of aryl methyl sites for hydroxylation is 1. The van der Waals surface area contributed by atoms with E-state index >= 15 is 0 Å². The summed E-state index contributed by atoms with van der Waals surface area (Å²) in [6.07, 6.45) is 4.04. The molecule has 0 N–H and O–H groups in total. The van der Waals surface area contributed by atoms with Crippen LogP contribution in [0, 0.1) is 6.92 Å². The van der Waals surface area contributed by atoms with Crippen LogP contribution >= 0.6 is 0 Å². The van der Waals surface area contributed by atoms with Crippen molar-refractivity contribution in [3.05, 3.63) is 18.1 Å². The monoisotopic (exact) mass is 262 g/mol. The minimum absolute atomic E-state index is 0.725. The largest absolute Gasteiger partial charge is 0.381 e. The molecule has 2 fully saturated rings. The molecule has 5 nitrogen and oxygen atoms in total. The second kappa shape index (κ2) is 5.84. The molecule has 3 rings (SSSR count). The van der Waals surface area contributed by atoms with Crippen LogP contribution in [0.2, 0.25) is 0 Å². The SMILES string of the molecule is Cc1cc(N2CCN(C3CCOCC3)CC2)ncn1. The third kappa shape index (κ3) is 3.04. The molecule has 1 aromatic rings. The first-order chi connectivity index (χ1) is 9.33. The van der Waals surface area contributed by atoms with Crippen LogP contribution in [0.4, 0.5) is 5.82 Å². The Hall–Kier alpha value is -1.20. The van der Waals surface area contributed by atoms with Crippen LogP contribution in [0.1, 0.15) is 18.5 Å². The van der Waals surface area contributed by atoms with Gasteiger partial charge in [-0.25, -0.2) is 9.97 Å². The van der Waals surface area contributed by atoms with Gasteiger partial charge in [0.15, 0.2) is 0 Å². The molecule has 2 aliphatic rings. The van der Waals surface area contributed by atoms with E-state index in [9.17, 15) is 0 Å². The number of nitrogens with zero attached hydrogens (tertiary/aromatic N) is 4. The van der Waals surface area contributed by atoms with Gasteiger partial charge in [0.1, 0.15) is 12.1 Å². The van der Waals surface area contributed by atoms with Crippen molar-refractivity contribution in [2.75, 3.05) is 44.3 Å². The highest BCUT2D eigenvalue weighted by Gasteiger charge is 2.25. The first-order valence-electron chi connectivity index (χ1n) is 7.18. The van der Waals surface area contributed by atoms with Crippen molar-refractivity contribution in [2.24, 2.45) is 0 Å². The minimum atomic E-state index is 0.725. The third-order valence-electron chi connectivity index (χ3n) is 4.13. The number of rotatable bonds is 2. The Balaban J connectivity index is 1.57. The van der Waals surface area contributed by atoms with Crippen LogP contribution in [0.3, 0.4) is 0 Å². The molecule has 19 heavy (non-hydrogen) atoms. The molecule has 3 heterocycles. The smallest absolute Gasteiger partial charge is 0.132 e. The summed E-state index contributed by atoms with van der Waals surface area (Å²) in [6.45, 7) is 8.26. The van der Waals surface area contributed by atoms with Gasteiger partial charge in [-0.1, -0.05) is 0 Å². The summed E-state index contributed by atoms with van der Waals surface area (Å²) in [5.74, 6) is 1.07. The Morgan fingerprint density at radius 3 is 2.53 bits per heavy atom. The molecule has 0 bridgehead atoms. The molecule has 1 aromatic heterocycles. The molecule has 0 amide bonds. The summed E-state index contributed by atoms with van der Waals surface area (Å²) in [5.41, 5.74) is 1.04. The summed E-state index contributed by atoms with van der Waals surface area (Å²) in [4.78, 5) is 13.5. The van der Waals surface area contributed by atoms with Gasteiger partial charge in [0.05, 0.1) is 0 Å². The standard InChI is InChI=1S/C14H22N4O/c1-12-10-14(16-11-15-12)18-6-4-17(5-7-18)13-2-8-19-9-3-13/h10-11,13H,2-9H2,1H3. The summed E-state index contributed by atoms with van der Waals surface area (Å²) in [7, 11) is 0. The van der Waals surface area contributed by atoms with Crippen molar-refractivity contribution in [1.82, 2.24) is 14.9 Å². The fourth-order valence-electron chi connectivity index (χ4n) is 2.98. The van der Waals surface area contributed by atoms with Crippen molar-refractivity contribution >= 4 is 5.82 Å². The second-order valence-corrected chi connectivity index (χ2v) is 5.38. The summed E-state index contributed by atoms with van der Waals surface area (Å²) < 4.78 is 5.44. The van der Waals surface area contributed by atoms with Crippen molar-refractivity contribution in [2.45, 2.75) is 25.8 Å². The van der Waals surface area contributed by atoms with Crippen molar-refractivity contribution in [3.63, 3.8) is 0 Å². The van der Waals surface area contributed by atoms with Crippen LogP contribution in [0.25, 0.3) is 0 Å². The maximum atomic E-state index is 5.44. The second-order valence-electron chi connectivity index (χ2n) is 5.38. The quantitative estimate of drug-likeness (QED) is 0.798. The molecule has 104 valence electrons. The van der Waals surface area contributed by atoms with Crippen molar-refractivity contribution in [3.8, 4) is 0 Å². The van der Waals surface area contributed by atoms with E-state index in [1.807, 2.05) is 6.92 Å². The lowest BCUT2D eigenvalue weighted by Gasteiger charge is -2.41. The first-order valence-corrected chi connectivity index (χ1v) is 7.18. The van der Waals surface area contributed by atoms with E-state index in [4.69, 9.17) is 4.74 Å². The molecule has 0 aromatic carbocycles. The number of aromatic nitrogens is 2. The Kier molecular flexibility index (Phi) is 3.94. The molecule has 0 unspecified atom stereocenters. The van der Waals surface area contributed by atoms with E-state index in [0.717, 1.165) is 56.9 Å². The number of ether oxygens (including phenoxy) is 1. The van der Waals surface area contributed by atoms with Crippen LogP contribution in [0.15, 0.2) is 12.4 Å². The Morgan fingerprint density at radius 1 is 1.11 bits per heavy atom. The zero-order chi connectivity index (χ0) is 13.1. The molecule has 0 radical (unpaired) electrons. The number of hydrogen-bond donors (Lipinski definition) is 0. The Labute approximate surface area is 114 Å². The van der Waals surface area contributed by atoms with Crippen LogP contribution < -0.4 is 4.90 Å². The van der Waals surface area contributed by atoms with Crippen molar-refractivity contribution in [1.29, 1.82) is 0 Å². The van der Waals surface area contributed by atoms with Gasteiger partial charge in [-0.2, -0.15) is 0 Å². The fraction of sp³-hybridized carbons (Fsp3) is 0.714. The molecule has 0 aliphatic carbocycles. The van der Waals surface area contributed by atoms with Gasteiger partial charge in [0.25, 0.3) is 0 Å². The maximum Gasteiger partial charge on any atom is 0.132 e. The van der Waals surface area contributed by atoms with E-state index in [1.165, 1.54) is 12.8 Å². The average molecular weight is 262 g/mol. The molecular formula is C14H22N4O. The van der Waals surface area contributed by atoms with E-state index in [-0.39, 0.29) is 0 Å². The van der Waals surface area contributed by atoms with Crippen LogP contribution in [-0.4, -0.2) is 60.3 Å². The van der Waals surface area contributed by atoms with E-state index in [1.54, 1.807) is 6.33 Å². The summed E-state index contributed by atoms with van der Waals surface area (Å²) in [6, 6.07) is 2.80. The molecule has 0 spiro atoms. The fourth-order valence-corrected chi connectivity index (χ4v) is 2.98. The zero-order valence-electron chi connectivity index (χ0n) is 11.6. The van der Waals surface area contributed by atoms with Gasteiger partial charge in [0.2, 0.25) is 0 Å². The predicted molar refractivity (Wildman–Crippen MR) is 74.4 cm³/mol. The van der Waals surface area contributed by atoms with Crippen LogP contribution in [-0.2, 0) is 4.74 Å². The Morgan fingerprint density at radius 2 is 1.84 bits per heavy atom. The third-order valence-corrected chi connectivity index (χ3v) is 4.13. The van der Waals surface area contributed by atoms with E-state index < -0.39 is 0 Å². The highest BCUT2D eigenvalue weighted by molar-refractivity contribution is 5.39. The summed E-state index contributed by atoms with van der Waals surface area (Å²) >= 11 is 0. The molecule has 2 saturated heterocycles. The highest BCUT2D eigenvalue weighted by Crippen LogP contribution is 2.19. The molecule has 0 atom stereocenters. The van der Waals surface area contributed by atoms with Gasteiger partial charge in [0, 0.05) is 57.2 Å². The molecule has 0 saturated carbocycles. The molecular weight excluding hydrogens is 240 g/mol. The van der Waals surface area contributed by atoms with Crippen molar-refractivity contribution < 1.29 is 4.74 Å². The Bertz CT molecular complexity index is 412. The lowest BCUT2D eigenvalue weighted by atomic mass is 10.1. The topological polar surface area (TPSA) is 41.5 Å². The predicted octanol–water partition coefficient (Wildman–Crippen LogP) is 1.09. The van der Waals surface area contributed by atoms with E-state index in [2.05, 4.69) is 25.8 Å². The van der Waals surface area contributed by atoms with Gasteiger partial charge >= 0.3 is 0 Å². The van der Waals surface area contributed by atoms with Gasteiger partial charge in [-0.3, -0.25) is 4.90 Å². The van der Waals surface area contributed by atoms with Gasteiger partial charge in [-0.05, 0) is 19.8 Å². The van der Waals surface area contributed by atoms with Gasteiger partial charge in [-0.15, -0.1) is 0 Å². The number of piperazine rings is 1. The van der Waals surface area contributed by atoms with Gasteiger partial charge < -0.3 is 9.64 Å². The maximum absolute atomic E-state index is 5.44.